The Morgan fingerprint density at radius 3 is 1.74 bits per heavy atom. The number of hydrogen-bond donors (Lipinski definition) is 0. The van der Waals surface area contributed by atoms with Crippen LogP contribution in [0.4, 0.5) is 0 Å². The zero-order chi connectivity index (χ0) is 43.5. The van der Waals surface area contributed by atoms with Gasteiger partial charge in [0, 0.05) is 0 Å². The molecule has 0 N–H and O–H groups in total. The van der Waals surface area contributed by atoms with Crippen LogP contribution in [0.1, 0.15) is 168 Å². The smallest absolute Gasteiger partial charge is 0.315 e. The van der Waals surface area contributed by atoms with Gasteiger partial charge in [-0.3, -0.25) is 19.2 Å². The first-order chi connectivity index (χ1) is 26.6. The molecule has 0 bridgehead atoms. The van der Waals surface area contributed by atoms with Gasteiger partial charge in [0.15, 0.2) is 13.6 Å². The van der Waals surface area contributed by atoms with Gasteiger partial charge in [-0.1, -0.05) is 41.5 Å². The fourth-order valence-electron chi connectivity index (χ4n) is 13.5. The second-order valence-electron chi connectivity index (χ2n) is 23.7. The Labute approximate surface area is 350 Å². The van der Waals surface area contributed by atoms with Crippen LogP contribution < -0.4 is 0 Å². The maximum absolute atomic E-state index is 14.5. The van der Waals surface area contributed by atoms with Crippen molar-refractivity contribution in [1.82, 2.24) is 0 Å². The number of ether oxygens (including phenoxy) is 6. The van der Waals surface area contributed by atoms with Crippen LogP contribution in [0.15, 0.2) is 0 Å². The van der Waals surface area contributed by atoms with E-state index in [1.807, 2.05) is 41.5 Å². The van der Waals surface area contributed by atoms with Crippen molar-refractivity contribution in [2.75, 3.05) is 27.0 Å². The van der Waals surface area contributed by atoms with Crippen molar-refractivity contribution in [1.29, 1.82) is 0 Å². The van der Waals surface area contributed by atoms with Crippen molar-refractivity contribution in [3.05, 3.63) is 0 Å². The minimum Gasteiger partial charge on any atom is -0.438 e. The third-order valence-corrected chi connectivity index (χ3v) is 16.9. The second kappa shape index (κ2) is 16.2. The van der Waals surface area contributed by atoms with Crippen LogP contribution in [0.25, 0.3) is 0 Å². The standard InChI is InChI=1S/C48H80O10/c1-30(26-53-27-55-37(49)41(2,3)4)31-18-23-48(40(52)58-29-57-39(51)43(8,9)10)25-24-46(14)32(36(31)48)16-17-34-45(13)21-20-35(54-28-56-38(50)42(5,6)7)44(11,12)33(45)19-22-47(34,46)15/h30-36H,16-29H2,1-15H3/t30?,31-,32?,33?,34?,35-,36?,45-,46+,47+,48-/m0/s1. The van der Waals surface area contributed by atoms with Gasteiger partial charge in [0.2, 0.25) is 6.79 Å². The highest BCUT2D eigenvalue weighted by Crippen LogP contribution is 2.77. The number of hydrogen-bond acceptors (Lipinski definition) is 10. The summed E-state index contributed by atoms with van der Waals surface area (Å²) < 4.78 is 34.9. The molecule has 58 heavy (non-hydrogen) atoms. The second-order valence-corrected chi connectivity index (χ2v) is 23.7. The molecule has 0 aromatic carbocycles. The summed E-state index contributed by atoms with van der Waals surface area (Å²) in [6, 6.07) is 0. The maximum Gasteiger partial charge on any atom is 0.315 e. The van der Waals surface area contributed by atoms with Gasteiger partial charge in [0.05, 0.1) is 34.4 Å². The lowest BCUT2D eigenvalue weighted by Gasteiger charge is -2.73. The van der Waals surface area contributed by atoms with Crippen molar-refractivity contribution < 1.29 is 47.6 Å². The lowest BCUT2D eigenvalue weighted by atomic mass is 9.32. The molecule has 0 heterocycles. The number of carbonyl (C=O) groups excluding carboxylic acids is 4. The van der Waals surface area contributed by atoms with E-state index in [1.54, 1.807) is 20.8 Å². The molecule has 10 heteroatoms. The Hall–Kier alpha value is -2.20. The third-order valence-electron chi connectivity index (χ3n) is 16.9. The summed E-state index contributed by atoms with van der Waals surface area (Å²) >= 11 is 0. The van der Waals surface area contributed by atoms with Crippen molar-refractivity contribution in [2.45, 2.75) is 174 Å². The topological polar surface area (TPSA) is 124 Å². The van der Waals surface area contributed by atoms with E-state index >= 15 is 0 Å². The molecule has 5 fully saturated rings. The summed E-state index contributed by atoms with van der Waals surface area (Å²) in [7, 11) is 0. The van der Waals surface area contributed by atoms with E-state index in [4.69, 9.17) is 28.4 Å². The molecule has 5 aliphatic carbocycles. The fourth-order valence-corrected chi connectivity index (χ4v) is 13.5. The summed E-state index contributed by atoms with van der Waals surface area (Å²) in [6.07, 6.45) is 9.74. The lowest BCUT2D eigenvalue weighted by Crippen LogP contribution is -2.67. The van der Waals surface area contributed by atoms with E-state index in [-0.39, 0.29) is 83.8 Å². The summed E-state index contributed by atoms with van der Waals surface area (Å²) in [5, 5.41) is 0. The lowest BCUT2D eigenvalue weighted by molar-refractivity contribution is -0.259. The molecule has 0 spiro atoms. The van der Waals surface area contributed by atoms with Gasteiger partial charge in [-0.15, -0.1) is 0 Å². The van der Waals surface area contributed by atoms with E-state index in [1.165, 1.54) is 0 Å². The predicted molar refractivity (Wildman–Crippen MR) is 221 cm³/mol. The van der Waals surface area contributed by atoms with Crippen molar-refractivity contribution >= 4 is 23.9 Å². The van der Waals surface area contributed by atoms with E-state index < -0.39 is 27.6 Å². The highest BCUT2D eigenvalue weighted by Gasteiger charge is 2.72. The van der Waals surface area contributed by atoms with Gasteiger partial charge in [0.1, 0.15) is 0 Å². The van der Waals surface area contributed by atoms with E-state index in [0.29, 0.717) is 24.4 Å². The predicted octanol–water partition coefficient (Wildman–Crippen LogP) is 10.3. The first-order valence-corrected chi connectivity index (χ1v) is 22.5. The molecular weight excluding hydrogens is 737 g/mol. The summed E-state index contributed by atoms with van der Waals surface area (Å²) in [6.45, 7) is 31.1. The SMILES string of the molecule is CC(COCOC(=O)C(C)(C)C)[C@@H]1CC[C@]2(C(=O)OCOC(=O)C(C)(C)C)CC[C@]3(C)C(CCC4[C@@]5(C)CC[C@H](OCOC(=O)C(C)(C)C)C(C)(C)C5CC[C@]43C)C12. The van der Waals surface area contributed by atoms with Crippen LogP contribution >= 0.6 is 0 Å². The van der Waals surface area contributed by atoms with Gasteiger partial charge in [-0.2, -0.15) is 0 Å². The largest absolute Gasteiger partial charge is 0.438 e. The van der Waals surface area contributed by atoms with Crippen molar-refractivity contribution in [3.8, 4) is 0 Å². The fraction of sp³-hybridized carbons (Fsp3) is 0.917. The molecule has 332 valence electrons. The van der Waals surface area contributed by atoms with Crippen LogP contribution in [0, 0.1) is 78.8 Å². The molecule has 10 nitrogen and oxygen atoms in total. The molecule has 0 radical (unpaired) electrons. The average Bonchev–Trinajstić information content (AvgIpc) is 3.51. The Kier molecular flexibility index (Phi) is 13.1. The van der Waals surface area contributed by atoms with E-state index in [9.17, 15) is 19.2 Å². The molecule has 0 amide bonds. The average molecular weight is 817 g/mol. The monoisotopic (exact) mass is 817 g/mol. The van der Waals surface area contributed by atoms with Gasteiger partial charge in [-0.05, 0) is 184 Å². The molecule has 0 aromatic heterocycles. The van der Waals surface area contributed by atoms with Crippen LogP contribution in [0.3, 0.4) is 0 Å². The zero-order valence-corrected chi connectivity index (χ0v) is 39.0. The minimum absolute atomic E-state index is 0.00109. The highest BCUT2D eigenvalue weighted by atomic mass is 16.7. The molecule has 5 rings (SSSR count). The highest BCUT2D eigenvalue weighted by molar-refractivity contribution is 5.79. The van der Waals surface area contributed by atoms with Gasteiger partial charge < -0.3 is 28.4 Å². The Balaban J connectivity index is 1.38. The third kappa shape index (κ3) is 8.38. The van der Waals surface area contributed by atoms with Crippen LogP contribution in [-0.2, 0) is 47.6 Å². The van der Waals surface area contributed by atoms with Gasteiger partial charge in [-0.25, -0.2) is 0 Å². The normalized spacial score (nSPS) is 37.6. The van der Waals surface area contributed by atoms with Crippen molar-refractivity contribution in [2.24, 2.45) is 78.8 Å². The van der Waals surface area contributed by atoms with Gasteiger partial charge in [0.25, 0.3) is 0 Å². The molecule has 0 aromatic rings. The molecule has 0 saturated heterocycles. The number of rotatable bonds is 11. The molecule has 5 unspecified atom stereocenters. The number of fused-ring (bicyclic) bond motifs is 7. The Morgan fingerprint density at radius 2 is 1.16 bits per heavy atom. The summed E-state index contributed by atoms with van der Waals surface area (Å²) in [5.41, 5.74) is -2.42. The molecular formula is C48H80O10. The van der Waals surface area contributed by atoms with E-state index in [2.05, 4.69) is 41.5 Å². The Morgan fingerprint density at radius 1 is 0.586 bits per heavy atom. The number of esters is 4. The summed E-state index contributed by atoms with van der Waals surface area (Å²) in [4.78, 5) is 52.1. The summed E-state index contributed by atoms with van der Waals surface area (Å²) in [5.74, 6) is 0.580. The molecule has 5 aliphatic rings. The number of carbonyl (C=O) groups is 4. The molecule has 0 aliphatic heterocycles. The van der Waals surface area contributed by atoms with E-state index in [0.717, 1.165) is 64.2 Å². The minimum atomic E-state index is -0.693. The molecule has 5 saturated carbocycles. The van der Waals surface area contributed by atoms with Crippen molar-refractivity contribution in [3.63, 3.8) is 0 Å². The maximum atomic E-state index is 14.5. The zero-order valence-electron chi connectivity index (χ0n) is 39.0. The van der Waals surface area contributed by atoms with Gasteiger partial charge >= 0.3 is 23.9 Å². The first-order valence-electron chi connectivity index (χ1n) is 22.5. The first kappa shape index (κ1) is 46.9. The van der Waals surface area contributed by atoms with Crippen LogP contribution in [-0.4, -0.2) is 57.0 Å². The Bertz CT molecular complexity index is 1530. The van der Waals surface area contributed by atoms with Crippen LogP contribution in [0.5, 0.6) is 0 Å². The van der Waals surface area contributed by atoms with Crippen LogP contribution in [0.2, 0.25) is 0 Å². The molecule has 11 atom stereocenters. The quantitative estimate of drug-likeness (QED) is 0.0861.